The van der Waals surface area contributed by atoms with E-state index in [1.165, 1.54) is 4.57 Å². The molecular weight excluding hydrogens is 323 g/mol. The van der Waals surface area contributed by atoms with E-state index in [4.69, 9.17) is 28.3 Å². The average molecular weight is 335 g/mol. The van der Waals surface area contributed by atoms with Gasteiger partial charge in [-0.05, 0) is 26.0 Å². The molecule has 0 fully saturated rings. The molecule has 0 atom stereocenters. The Kier molecular flexibility index (Phi) is 4.06. The van der Waals surface area contributed by atoms with Crippen molar-refractivity contribution in [2.24, 2.45) is 5.14 Å². The minimum Gasteiger partial charge on any atom is -0.294 e. The Hall–Kier alpha value is -1.15. The maximum Gasteiger partial charge on any atom is 0.273 e. The van der Waals surface area contributed by atoms with Crippen LogP contribution in [0.25, 0.3) is 11.4 Å². The Morgan fingerprint density at radius 3 is 2.20 bits per heavy atom. The van der Waals surface area contributed by atoms with Crippen LogP contribution in [0.4, 0.5) is 0 Å². The van der Waals surface area contributed by atoms with Gasteiger partial charge in [-0.3, -0.25) is 4.57 Å². The van der Waals surface area contributed by atoms with Crippen molar-refractivity contribution in [1.29, 1.82) is 0 Å². The Morgan fingerprint density at radius 1 is 1.20 bits per heavy atom. The molecule has 20 heavy (non-hydrogen) atoms. The minimum atomic E-state index is -3.99. The van der Waals surface area contributed by atoms with Crippen LogP contribution in [-0.4, -0.2) is 23.2 Å². The lowest BCUT2D eigenvalue weighted by atomic mass is 10.2. The van der Waals surface area contributed by atoms with Crippen molar-refractivity contribution in [1.82, 2.24) is 14.8 Å². The Labute approximate surface area is 126 Å². The summed E-state index contributed by atoms with van der Waals surface area (Å²) in [6.07, 6.45) is 0. The Morgan fingerprint density at radius 2 is 1.75 bits per heavy atom. The number of rotatable bonds is 3. The lowest BCUT2D eigenvalue weighted by Gasteiger charge is -2.14. The van der Waals surface area contributed by atoms with E-state index in [-0.39, 0.29) is 17.0 Å². The van der Waals surface area contributed by atoms with E-state index >= 15 is 0 Å². The van der Waals surface area contributed by atoms with Crippen LogP contribution >= 0.6 is 23.2 Å². The fourth-order valence-electron chi connectivity index (χ4n) is 1.82. The molecule has 1 aromatic heterocycles. The van der Waals surface area contributed by atoms with Crippen LogP contribution in [0.5, 0.6) is 0 Å². The van der Waals surface area contributed by atoms with E-state index in [0.29, 0.717) is 15.6 Å². The van der Waals surface area contributed by atoms with Gasteiger partial charge in [-0.2, -0.15) is 0 Å². The molecule has 2 rings (SSSR count). The maximum absolute atomic E-state index is 11.6. The molecule has 9 heteroatoms. The molecule has 0 bridgehead atoms. The number of nitrogens with zero attached hydrogens (tertiary/aromatic N) is 3. The highest BCUT2D eigenvalue weighted by atomic mass is 35.5. The first kappa shape index (κ1) is 15.2. The first-order valence-electron chi connectivity index (χ1n) is 5.65. The number of nitrogens with two attached hydrogens (primary N) is 1. The number of aromatic nitrogens is 3. The van der Waals surface area contributed by atoms with Gasteiger partial charge in [0.25, 0.3) is 15.2 Å². The van der Waals surface area contributed by atoms with Crippen molar-refractivity contribution >= 4 is 33.2 Å². The molecule has 6 nitrogen and oxygen atoms in total. The number of halogens is 2. The number of benzene rings is 1. The Bertz CT molecular complexity index is 736. The highest BCUT2D eigenvalue weighted by Crippen LogP contribution is 2.35. The molecule has 2 aromatic rings. The zero-order valence-electron chi connectivity index (χ0n) is 10.7. The summed E-state index contributed by atoms with van der Waals surface area (Å²) in [7, 11) is -3.99. The van der Waals surface area contributed by atoms with E-state index in [1.54, 1.807) is 32.0 Å². The molecule has 0 aliphatic heterocycles. The van der Waals surface area contributed by atoms with Gasteiger partial charge in [0.1, 0.15) is 0 Å². The van der Waals surface area contributed by atoms with Crippen LogP contribution < -0.4 is 5.14 Å². The second kappa shape index (κ2) is 5.33. The first-order valence-corrected chi connectivity index (χ1v) is 7.95. The summed E-state index contributed by atoms with van der Waals surface area (Å²) in [6, 6.07) is 4.73. The van der Waals surface area contributed by atoms with Gasteiger partial charge < -0.3 is 0 Å². The molecule has 0 amide bonds. The first-order chi connectivity index (χ1) is 9.23. The third-order valence-electron chi connectivity index (χ3n) is 2.62. The fourth-order valence-corrected chi connectivity index (χ4v) is 3.11. The normalized spacial score (nSPS) is 12.1. The smallest absolute Gasteiger partial charge is 0.273 e. The molecule has 108 valence electrons. The van der Waals surface area contributed by atoms with E-state index in [9.17, 15) is 8.42 Å². The van der Waals surface area contributed by atoms with Crippen molar-refractivity contribution < 1.29 is 8.42 Å². The molecule has 0 unspecified atom stereocenters. The largest absolute Gasteiger partial charge is 0.294 e. The number of hydrogen-bond acceptors (Lipinski definition) is 4. The summed E-state index contributed by atoms with van der Waals surface area (Å²) in [4.78, 5) is 0. The second-order valence-corrected chi connectivity index (χ2v) is 6.68. The summed E-state index contributed by atoms with van der Waals surface area (Å²) in [5, 5.41) is 13.1. The summed E-state index contributed by atoms with van der Waals surface area (Å²) < 4.78 is 24.5. The molecule has 1 heterocycles. The van der Waals surface area contributed by atoms with Crippen molar-refractivity contribution in [3.63, 3.8) is 0 Å². The number of hydrogen-bond donors (Lipinski definition) is 1. The predicted octanol–water partition coefficient (Wildman–Crippen LogP) is 2.48. The highest BCUT2D eigenvalue weighted by Gasteiger charge is 2.25. The van der Waals surface area contributed by atoms with E-state index in [1.807, 2.05) is 0 Å². The van der Waals surface area contributed by atoms with Crippen LogP contribution in [0.2, 0.25) is 10.0 Å². The van der Waals surface area contributed by atoms with E-state index in [0.717, 1.165) is 0 Å². The van der Waals surface area contributed by atoms with Gasteiger partial charge in [0.15, 0.2) is 5.82 Å². The van der Waals surface area contributed by atoms with Crippen LogP contribution in [0.15, 0.2) is 23.4 Å². The lowest BCUT2D eigenvalue weighted by Crippen LogP contribution is -2.20. The minimum absolute atomic E-state index is 0.235. The molecule has 2 N–H and O–H groups in total. The van der Waals surface area contributed by atoms with Crippen LogP contribution in [0.1, 0.15) is 19.9 Å². The summed E-state index contributed by atoms with van der Waals surface area (Å²) in [5.41, 5.74) is 0.423. The quantitative estimate of drug-likeness (QED) is 0.933. The van der Waals surface area contributed by atoms with Crippen molar-refractivity contribution in [3.8, 4) is 11.4 Å². The van der Waals surface area contributed by atoms with Crippen molar-refractivity contribution in [3.05, 3.63) is 28.2 Å². The topological polar surface area (TPSA) is 90.9 Å². The third-order valence-corrected chi connectivity index (χ3v) is 4.04. The van der Waals surface area contributed by atoms with Gasteiger partial charge in [-0.1, -0.05) is 29.3 Å². The molecule has 0 radical (unpaired) electrons. The van der Waals surface area contributed by atoms with E-state index < -0.39 is 10.0 Å². The van der Waals surface area contributed by atoms with Gasteiger partial charge >= 0.3 is 0 Å². The SMILES string of the molecule is CC(C)n1c(-c2c(Cl)cccc2Cl)nnc1S(N)(=O)=O. The van der Waals surface area contributed by atoms with Gasteiger partial charge in [-0.15, -0.1) is 10.2 Å². The molecule has 1 aromatic carbocycles. The van der Waals surface area contributed by atoms with Gasteiger partial charge in [0.05, 0.1) is 15.6 Å². The summed E-state index contributed by atoms with van der Waals surface area (Å²) in [5.74, 6) is 0.264. The van der Waals surface area contributed by atoms with Gasteiger partial charge in [-0.25, -0.2) is 13.6 Å². The van der Waals surface area contributed by atoms with Gasteiger partial charge in [0.2, 0.25) is 0 Å². The molecule has 0 spiro atoms. The second-order valence-electron chi connectivity index (χ2n) is 4.41. The standard InChI is InChI=1S/C11H12Cl2N4O2S/c1-6(2)17-10(15-16-11(17)20(14,18)19)9-7(12)4-3-5-8(9)13/h3-6H,1-2H3,(H2,14,18,19). The number of primary sulfonamides is 1. The van der Waals surface area contributed by atoms with Crippen LogP contribution in [0, 0.1) is 0 Å². The third kappa shape index (κ3) is 2.67. The van der Waals surface area contributed by atoms with E-state index in [2.05, 4.69) is 10.2 Å². The van der Waals surface area contributed by atoms with Gasteiger partial charge in [0, 0.05) is 6.04 Å². The van der Waals surface area contributed by atoms with Crippen molar-refractivity contribution in [2.75, 3.05) is 0 Å². The monoisotopic (exact) mass is 334 g/mol. The maximum atomic E-state index is 11.6. The van der Waals surface area contributed by atoms with Crippen LogP contribution in [0.3, 0.4) is 0 Å². The zero-order valence-corrected chi connectivity index (χ0v) is 13.0. The molecule has 0 saturated heterocycles. The van der Waals surface area contributed by atoms with Crippen molar-refractivity contribution in [2.45, 2.75) is 25.0 Å². The summed E-state index contributed by atoms with van der Waals surface area (Å²) in [6.45, 7) is 3.57. The molecule has 0 saturated carbocycles. The lowest BCUT2D eigenvalue weighted by molar-refractivity contribution is 0.524. The average Bonchev–Trinajstić information content (AvgIpc) is 2.73. The highest BCUT2D eigenvalue weighted by molar-refractivity contribution is 7.89. The molecular formula is C11H12Cl2N4O2S. The number of sulfonamides is 1. The Balaban J connectivity index is 2.80. The fraction of sp³-hybridized carbons (Fsp3) is 0.273. The molecule has 0 aliphatic rings. The zero-order chi connectivity index (χ0) is 15.1. The summed E-state index contributed by atoms with van der Waals surface area (Å²) >= 11 is 12.2. The molecule has 0 aliphatic carbocycles. The van der Waals surface area contributed by atoms with Crippen LogP contribution in [-0.2, 0) is 10.0 Å². The predicted molar refractivity (Wildman–Crippen MR) is 77.2 cm³/mol.